The van der Waals surface area contributed by atoms with E-state index in [4.69, 9.17) is 11.6 Å². The summed E-state index contributed by atoms with van der Waals surface area (Å²) in [5, 5.41) is 2.60. The van der Waals surface area contributed by atoms with E-state index in [1.807, 2.05) is 17.1 Å². The molecule has 2 aliphatic carbocycles. The van der Waals surface area contributed by atoms with Crippen LogP contribution in [0.5, 0.6) is 0 Å². The van der Waals surface area contributed by atoms with Crippen LogP contribution in [0.2, 0.25) is 5.02 Å². The Morgan fingerprint density at radius 1 is 1.13 bits per heavy atom. The normalized spacial score (nSPS) is 27.2. The Kier molecular flexibility index (Phi) is 6.33. The second kappa shape index (κ2) is 8.85. The molecule has 8 heteroatoms. The van der Waals surface area contributed by atoms with Crippen LogP contribution in [-0.4, -0.2) is 29.3 Å². The van der Waals surface area contributed by atoms with Crippen LogP contribution < -0.4 is 5.32 Å². The summed E-state index contributed by atoms with van der Waals surface area (Å²) in [6.45, 7) is 0.697. The van der Waals surface area contributed by atoms with Gasteiger partial charge in [0.25, 0.3) is 0 Å². The molecule has 1 saturated carbocycles. The number of amides is 2. The monoisotopic (exact) mass is 454 g/mol. The van der Waals surface area contributed by atoms with E-state index >= 15 is 0 Å². The first-order valence-electron chi connectivity index (χ1n) is 10.9. The maximum atomic E-state index is 13.4. The number of fused-ring (bicyclic) bond motifs is 1. The van der Waals surface area contributed by atoms with Gasteiger partial charge in [-0.15, -0.1) is 0 Å². The van der Waals surface area contributed by atoms with Crippen LogP contribution in [0.1, 0.15) is 50.5 Å². The molecule has 1 aromatic rings. The fourth-order valence-electron chi connectivity index (χ4n) is 5.23. The van der Waals surface area contributed by atoms with Gasteiger partial charge in [-0.1, -0.05) is 43.0 Å². The van der Waals surface area contributed by atoms with Crippen LogP contribution >= 0.6 is 11.6 Å². The molecular weight excluding hydrogens is 429 g/mol. The first-order chi connectivity index (χ1) is 14.8. The highest BCUT2D eigenvalue weighted by Gasteiger charge is 2.46. The van der Waals surface area contributed by atoms with Crippen molar-refractivity contribution in [1.82, 2.24) is 4.90 Å². The molecule has 3 aliphatic rings. The molecule has 0 unspecified atom stereocenters. The number of carbonyl (C=O) groups excluding carboxylic acids is 2. The van der Waals surface area contributed by atoms with Crippen molar-refractivity contribution in [3.05, 3.63) is 40.9 Å². The Bertz CT molecular complexity index is 880. The summed E-state index contributed by atoms with van der Waals surface area (Å²) >= 11 is 6.05. The second-order valence-electron chi connectivity index (χ2n) is 8.75. The van der Waals surface area contributed by atoms with Crippen molar-refractivity contribution < 1.29 is 22.8 Å². The van der Waals surface area contributed by atoms with E-state index in [2.05, 4.69) is 5.32 Å². The number of alkyl halides is 3. The number of nitrogens with one attached hydrogen (secondary N) is 1. The number of piperidine rings is 1. The van der Waals surface area contributed by atoms with Gasteiger partial charge in [0.15, 0.2) is 0 Å². The predicted octanol–water partition coefficient (Wildman–Crippen LogP) is 5.67. The van der Waals surface area contributed by atoms with Crippen molar-refractivity contribution in [3.63, 3.8) is 0 Å². The minimum atomic E-state index is -4.54. The molecule has 1 N–H and O–H groups in total. The Labute approximate surface area is 184 Å². The van der Waals surface area contributed by atoms with Crippen molar-refractivity contribution >= 4 is 29.1 Å². The highest BCUT2D eigenvalue weighted by molar-refractivity contribution is 6.33. The number of carbonyl (C=O) groups is 2. The van der Waals surface area contributed by atoms with Crippen LogP contribution in [0, 0.1) is 17.8 Å². The summed E-state index contributed by atoms with van der Waals surface area (Å²) < 4.78 is 39.2. The van der Waals surface area contributed by atoms with E-state index in [1.54, 1.807) is 0 Å². The zero-order valence-corrected chi connectivity index (χ0v) is 17.9. The Morgan fingerprint density at radius 2 is 1.87 bits per heavy atom. The maximum absolute atomic E-state index is 13.4. The lowest BCUT2D eigenvalue weighted by Gasteiger charge is -2.45. The third-order valence-electron chi connectivity index (χ3n) is 6.84. The zero-order valence-electron chi connectivity index (χ0n) is 17.1. The number of nitrogens with zero attached hydrogens (tertiary/aromatic N) is 1. The number of benzene rings is 1. The van der Waals surface area contributed by atoms with Gasteiger partial charge in [0, 0.05) is 12.6 Å². The van der Waals surface area contributed by atoms with Crippen molar-refractivity contribution in [2.75, 3.05) is 11.9 Å². The number of allylic oxidation sites excluding steroid dienone is 2. The number of anilines is 1. The van der Waals surface area contributed by atoms with Gasteiger partial charge in [0.05, 0.1) is 28.1 Å². The van der Waals surface area contributed by atoms with Gasteiger partial charge in [-0.2, -0.15) is 13.2 Å². The Hall–Kier alpha value is -2.02. The van der Waals surface area contributed by atoms with E-state index < -0.39 is 29.5 Å². The van der Waals surface area contributed by atoms with E-state index in [0.29, 0.717) is 13.0 Å². The Balaban J connectivity index is 1.54. The Morgan fingerprint density at radius 3 is 2.58 bits per heavy atom. The van der Waals surface area contributed by atoms with Gasteiger partial charge in [-0.25, -0.2) is 0 Å². The molecule has 0 spiro atoms. The molecule has 1 saturated heterocycles. The molecule has 0 bridgehead atoms. The average molecular weight is 455 g/mol. The summed E-state index contributed by atoms with van der Waals surface area (Å²) in [5.41, 5.74) is -0.967. The van der Waals surface area contributed by atoms with Gasteiger partial charge in [-0.3, -0.25) is 9.59 Å². The lowest BCUT2D eigenvalue weighted by Crippen LogP contribution is -2.54. The van der Waals surface area contributed by atoms with E-state index in [1.165, 1.54) is 6.42 Å². The number of halogens is 4. The molecule has 0 aromatic heterocycles. The first-order valence-corrected chi connectivity index (χ1v) is 11.3. The minimum Gasteiger partial charge on any atom is -0.339 e. The minimum absolute atomic E-state index is 0.00258. The predicted molar refractivity (Wildman–Crippen MR) is 113 cm³/mol. The third-order valence-corrected chi connectivity index (χ3v) is 7.17. The van der Waals surface area contributed by atoms with E-state index in [-0.39, 0.29) is 28.6 Å². The molecule has 4 nitrogen and oxygen atoms in total. The first kappa shape index (κ1) is 22.2. The standard InChI is InChI=1S/C23H26ClF3N2O2/c24-18-10-9-15(23(25,26)27)13-19(18)28-21(30)17-8-4-5-14-11-12-29(22(31)20(14)17)16-6-2-1-3-7-16/h4-5,9-10,13-14,16-17,20H,1-3,6-8,11-12H2,(H,28,30)/t14-,17-,20+/m0/s1. The summed E-state index contributed by atoms with van der Waals surface area (Å²) in [6.07, 6.45) is 5.97. The van der Waals surface area contributed by atoms with Crippen molar-refractivity contribution in [2.24, 2.45) is 17.8 Å². The average Bonchev–Trinajstić information content (AvgIpc) is 2.75. The van der Waals surface area contributed by atoms with Crippen LogP contribution in [0.4, 0.5) is 18.9 Å². The topological polar surface area (TPSA) is 49.4 Å². The quantitative estimate of drug-likeness (QED) is 0.598. The van der Waals surface area contributed by atoms with Gasteiger partial charge in [-0.05, 0) is 49.8 Å². The fraction of sp³-hybridized carbons (Fsp3) is 0.565. The largest absolute Gasteiger partial charge is 0.416 e. The zero-order chi connectivity index (χ0) is 22.2. The summed E-state index contributed by atoms with van der Waals surface area (Å²) in [6, 6.07) is 3.08. The highest BCUT2D eigenvalue weighted by Crippen LogP contribution is 2.40. The molecule has 168 valence electrons. The number of likely N-dealkylation sites (tertiary alicyclic amines) is 1. The number of rotatable bonds is 3. The molecule has 1 aromatic carbocycles. The van der Waals surface area contributed by atoms with E-state index in [9.17, 15) is 22.8 Å². The van der Waals surface area contributed by atoms with Crippen molar-refractivity contribution in [3.8, 4) is 0 Å². The fourth-order valence-corrected chi connectivity index (χ4v) is 5.40. The molecule has 3 atom stereocenters. The molecule has 2 amide bonds. The van der Waals surface area contributed by atoms with Gasteiger partial charge >= 0.3 is 6.18 Å². The molecule has 4 rings (SSSR count). The molecular formula is C23H26ClF3N2O2. The van der Waals surface area contributed by atoms with Crippen molar-refractivity contribution in [2.45, 2.75) is 57.2 Å². The molecule has 31 heavy (non-hydrogen) atoms. The molecule has 1 aliphatic heterocycles. The highest BCUT2D eigenvalue weighted by atomic mass is 35.5. The SMILES string of the molecule is O=C(Nc1cc(C(F)(F)F)ccc1Cl)[C@H]1CC=C[C@H]2CCN(C3CCCCC3)C(=O)[C@@H]12. The van der Waals surface area contributed by atoms with Crippen LogP contribution in [0.3, 0.4) is 0 Å². The lowest BCUT2D eigenvalue weighted by atomic mass is 9.70. The maximum Gasteiger partial charge on any atom is 0.416 e. The van der Waals surface area contributed by atoms with Crippen LogP contribution in [0.25, 0.3) is 0 Å². The second-order valence-corrected chi connectivity index (χ2v) is 9.16. The summed E-state index contributed by atoms with van der Waals surface area (Å²) in [7, 11) is 0. The van der Waals surface area contributed by atoms with E-state index in [0.717, 1.165) is 50.3 Å². The number of hydrogen-bond donors (Lipinski definition) is 1. The molecule has 2 fully saturated rings. The van der Waals surface area contributed by atoms with Crippen LogP contribution in [0.15, 0.2) is 30.4 Å². The summed E-state index contributed by atoms with van der Waals surface area (Å²) in [4.78, 5) is 28.5. The molecule has 0 radical (unpaired) electrons. The van der Waals surface area contributed by atoms with Gasteiger partial charge in [0.1, 0.15) is 0 Å². The van der Waals surface area contributed by atoms with Crippen molar-refractivity contribution in [1.29, 1.82) is 0 Å². The molecule has 1 heterocycles. The van der Waals surface area contributed by atoms with Gasteiger partial charge < -0.3 is 10.2 Å². The lowest BCUT2D eigenvalue weighted by molar-refractivity contribution is -0.149. The summed E-state index contributed by atoms with van der Waals surface area (Å²) in [5.74, 6) is -1.58. The van der Waals surface area contributed by atoms with Gasteiger partial charge in [0.2, 0.25) is 11.8 Å². The smallest absolute Gasteiger partial charge is 0.339 e. The third kappa shape index (κ3) is 4.61. The van der Waals surface area contributed by atoms with Crippen LogP contribution in [-0.2, 0) is 15.8 Å². The number of hydrogen-bond acceptors (Lipinski definition) is 2.